The molecule has 0 amide bonds. The second-order valence-electron chi connectivity index (χ2n) is 5.23. The Kier molecular flexibility index (Phi) is 5.09. The maximum Gasteiger partial charge on any atom is 0.246 e. The van der Waals surface area contributed by atoms with E-state index in [9.17, 15) is 8.42 Å². The molecular formula is C14H20BrNO3S. The summed E-state index contributed by atoms with van der Waals surface area (Å²) >= 11 is 3.32. The van der Waals surface area contributed by atoms with Gasteiger partial charge in [-0.15, -0.1) is 0 Å². The molecule has 1 aromatic carbocycles. The van der Waals surface area contributed by atoms with Gasteiger partial charge >= 0.3 is 0 Å². The lowest BCUT2D eigenvalue weighted by Gasteiger charge is -2.22. The number of hydrogen-bond acceptors (Lipinski definition) is 3. The van der Waals surface area contributed by atoms with Crippen molar-refractivity contribution in [2.24, 2.45) is 5.92 Å². The fraction of sp³-hybridized carbons (Fsp3) is 0.571. The van der Waals surface area contributed by atoms with Crippen molar-refractivity contribution in [3.8, 4) is 5.75 Å². The Labute approximate surface area is 129 Å². The van der Waals surface area contributed by atoms with Gasteiger partial charge in [0.15, 0.2) is 0 Å². The van der Waals surface area contributed by atoms with Gasteiger partial charge in [0, 0.05) is 18.1 Å². The van der Waals surface area contributed by atoms with E-state index in [1.165, 1.54) is 24.3 Å². The number of nitrogens with zero attached hydrogens (tertiary/aromatic N) is 1. The van der Waals surface area contributed by atoms with Crippen molar-refractivity contribution in [3.63, 3.8) is 0 Å². The standard InChI is InChI=1S/C14H20BrNO3S/c1-16(10-11-5-3-4-6-11)20(17,18)14-9-12(15)7-8-13(14)19-2/h7-9,11H,3-6,10H2,1-2H3. The number of ether oxygens (including phenoxy) is 1. The Balaban J connectivity index is 2.26. The van der Waals surface area contributed by atoms with Crippen molar-refractivity contribution >= 4 is 26.0 Å². The third kappa shape index (κ3) is 3.35. The summed E-state index contributed by atoms with van der Waals surface area (Å²) in [7, 11) is -0.381. The zero-order valence-corrected chi connectivity index (χ0v) is 14.2. The second-order valence-corrected chi connectivity index (χ2v) is 8.16. The summed E-state index contributed by atoms with van der Waals surface area (Å²) in [6.45, 7) is 0.581. The van der Waals surface area contributed by atoms with E-state index in [1.54, 1.807) is 25.2 Å². The summed E-state index contributed by atoms with van der Waals surface area (Å²) in [6.07, 6.45) is 4.66. The molecule has 20 heavy (non-hydrogen) atoms. The number of sulfonamides is 1. The molecule has 4 nitrogen and oxygen atoms in total. The molecule has 0 N–H and O–H groups in total. The van der Waals surface area contributed by atoms with E-state index in [-0.39, 0.29) is 4.90 Å². The molecule has 0 aromatic heterocycles. The number of halogens is 1. The molecule has 1 aliphatic rings. The number of benzene rings is 1. The normalized spacial score (nSPS) is 16.8. The zero-order chi connectivity index (χ0) is 14.8. The van der Waals surface area contributed by atoms with Crippen LogP contribution >= 0.6 is 15.9 Å². The summed E-state index contributed by atoms with van der Waals surface area (Å²) in [6, 6.07) is 5.04. The lowest BCUT2D eigenvalue weighted by Crippen LogP contribution is -2.31. The molecule has 1 saturated carbocycles. The summed E-state index contributed by atoms with van der Waals surface area (Å²) in [4.78, 5) is 0.217. The minimum Gasteiger partial charge on any atom is -0.495 e. The van der Waals surface area contributed by atoms with E-state index in [4.69, 9.17) is 4.74 Å². The van der Waals surface area contributed by atoms with Crippen LogP contribution in [-0.4, -0.2) is 33.4 Å². The summed E-state index contributed by atoms with van der Waals surface area (Å²) < 4.78 is 32.7. The average Bonchev–Trinajstić information content (AvgIpc) is 2.91. The van der Waals surface area contributed by atoms with Gasteiger partial charge in [-0.2, -0.15) is 0 Å². The number of rotatable bonds is 5. The van der Waals surface area contributed by atoms with Gasteiger partial charge in [-0.25, -0.2) is 12.7 Å². The smallest absolute Gasteiger partial charge is 0.246 e. The first-order chi connectivity index (χ1) is 9.45. The first-order valence-corrected chi connectivity index (χ1v) is 8.98. The molecule has 1 fully saturated rings. The zero-order valence-electron chi connectivity index (χ0n) is 11.8. The van der Waals surface area contributed by atoms with Crippen LogP contribution in [0.5, 0.6) is 5.75 Å². The molecule has 1 aliphatic carbocycles. The fourth-order valence-electron chi connectivity index (χ4n) is 2.67. The predicted molar refractivity (Wildman–Crippen MR) is 82.5 cm³/mol. The lowest BCUT2D eigenvalue weighted by atomic mass is 10.1. The Morgan fingerprint density at radius 2 is 2.00 bits per heavy atom. The fourth-order valence-corrected chi connectivity index (χ4v) is 4.61. The van der Waals surface area contributed by atoms with Crippen LogP contribution in [0.1, 0.15) is 25.7 Å². The minimum atomic E-state index is -3.51. The van der Waals surface area contributed by atoms with E-state index in [1.807, 2.05) is 0 Å². The third-order valence-electron chi connectivity index (χ3n) is 3.80. The topological polar surface area (TPSA) is 46.6 Å². The van der Waals surface area contributed by atoms with Gasteiger partial charge in [0.2, 0.25) is 10.0 Å². The highest BCUT2D eigenvalue weighted by Crippen LogP contribution is 2.31. The van der Waals surface area contributed by atoms with E-state index in [0.717, 1.165) is 17.3 Å². The van der Waals surface area contributed by atoms with E-state index < -0.39 is 10.0 Å². The van der Waals surface area contributed by atoms with Crippen LogP contribution in [0, 0.1) is 5.92 Å². The van der Waals surface area contributed by atoms with Gasteiger partial charge in [-0.3, -0.25) is 0 Å². The molecular weight excluding hydrogens is 342 g/mol. The molecule has 0 bridgehead atoms. The van der Waals surface area contributed by atoms with Crippen molar-refractivity contribution in [2.45, 2.75) is 30.6 Å². The van der Waals surface area contributed by atoms with Crippen molar-refractivity contribution in [3.05, 3.63) is 22.7 Å². The van der Waals surface area contributed by atoms with Crippen molar-refractivity contribution in [1.82, 2.24) is 4.31 Å². The maximum absolute atomic E-state index is 12.7. The van der Waals surface area contributed by atoms with Gasteiger partial charge in [-0.05, 0) is 37.0 Å². The molecule has 0 heterocycles. The average molecular weight is 362 g/mol. The SMILES string of the molecule is COc1ccc(Br)cc1S(=O)(=O)N(C)CC1CCCC1. The van der Waals surface area contributed by atoms with Crippen LogP contribution in [0.25, 0.3) is 0 Å². The monoisotopic (exact) mass is 361 g/mol. The summed E-state index contributed by atoms with van der Waals surface area (Å²) in [5.41, 5.74) is 0. The molecule has 0 aliphatic heterocycles. The van der Waals surface area contributed by atoms with Gasteiger partial charge in [0.1, 0.15) is 10.6 Å². The molecule has 0 saturated heterocycles. The van der Waals surface area contributed by atoms with Crippen LogP contribution in [0.2, 0.25) is 0 Å². The van der Waals surface area contributed by atoms with Gasteiger partial charge in [-0.1, -0.05) is 28.8 Å². The molecule has 1 aromatic rings. The second kappa shape index (κ2) is 6.45. The molecule has 112 valence electrons. The predicted octanol–water partition coefficient (Wildman–Crippen LogP) is 3.27. The Morgan fingerprint density at radius 1 is 1.35 bits per heavy atom. The van der Waals surface area contributed by atoms with Crippen LogP contribution in [-0.2, 0) is 10.0 Å². The highest BCUT2D eigenvalue weighted by molar-refractivity contribution is 9.10. The minimum absolute atomic E-state index is 0.217. The third-order valence-corrected chi connectivity index (χ3v) is 6.14. The van der Waals surface area contributed by atoms with E-state index >= 15 is 0 Å². The molecule has 2 rings (SSSR count). The number of methoxy groups -OCH3 is 1. The molecule has 0 unspecified atom stereocenters. The van der Waals surface area contributed by atoms with Crippen LogP contribution in [0.4, 0.5) is 0 Å². The molecule has 0 spiro atoms. The quantitative estimate of drug-likeness (QED) is 0.808. The van der Waals surface area contributed by atoms with Crippen molar-refractivity contribution in [2.75, 3.05) is 20.7 Å². The first kappa shape index (κ1) is 15.8. The Bertz CT molecular complexity index is 568. The van der Waals surface area contributed by atoms with Gasteiger partial charge in [0.25, 0.3) is 0 Å². The summed E-state index contributed by atoms with van der Waals surface area (Å²) in [5.74, 6) is 0.861. The number of hydrogen-bond donors (Lipinski definition) is 0. The van der Waals surface area contributed by atoms with Gasteiger partial charge in [0.05, 0.1) is 7.11 Å². The summed E-state index contributed by atoms with van der Waals surface area (Å²) in [5, 5.41) is 0. The largest absolute Gasteiger partial charge is 0.495 e. The first-order valence-electron chi connectivity index (χ1n) is 6.75. The van der Waals surface area contributed by atoms with E-state index in [0.29, 0.717) is 18.2 Å². The highest BCUT2D eigenvalue weighted by Gasteiger charge is 2.28. The van der Waals surface area contributed by atoms with Gasteiger partial charge < -0.3 is 4.74 Å². The van der Waals surface area contributed by atoms with Crippen molar-refractivity contribution in [1.29, 1.82) is 0 Å². The molecule has 0 atom stereocenters. The van der Waals surface area contributed by atoms with Crippen molar-refractivity contribution < 1.29 is 13.2 Å². The Hall–Kier alpha value is -0.590. The molecule has 6 heteroatoms. The van der Waals surface area contributed by atoms with Crippen LogP contribution in [0.15, 0.2) is 27.6 Å². The van der Waals surface area contributed by atoms with E-state index in [2.05, 4.69) is 15.9 Å². The highest BCUT2D eigenvalue weighted by atomic mass is 79.9. The Morgan fingerprint density at radius 3 is 2.60 bits per heavy atom. The van der Waals surface area contributed by atoms with Crippen LogP contribution in [0.3, 0.4) is 0 Å². The van der Waals surface area contributed by atoms with Crippen LogP contribution < -0.4 is 4.74 Å². The lowest BCUT2D eigenvalue weighted by molar-refractivity contribution is 0.377. The maximum atomic E-state index is 12.7. The molecule has 0 radical (unpaired) electrons.